The van der Waals surface area contributed by atoms with Gasteiger partial charge in [0, 0.05) is 6.04 Å². The molecular weight excluding hydrogens is 218 g/mol. The Morgan fingerprint density at radius 3 is 2.22 bits per heavy atom. The second kappa shape index (κ2) is 6.41. The summed E-state index contributed by atoms with van der Waals surface area (Å²) in [5.41, 5.74) is 6.46. The predicted molar refractivity (Wildman–Crippen MR) is 79.4 cm³/mol. The number of rotatable bonds is 3. The molecule has 1 nitrogen and oxygen atoms in total. The molecule has 0 saturated heterocycles. The second-order valence-corrected chi connectivity index (χ2v) is 7.47. The summed E-state index contributed by atoms with van der Waals surface area (Å²) in [6.45, 7) is 7.22. The van der Waals surface area contributed by atoms with Crippen LogP contribution in [0.15, 0.2) is 0 Å². The van der Waals surface area contributed by atoms with Gasteiger partial charge in [-0.25, -0.2) is 0 Å². The van der Waals surface area contributed by atoms with Gasteiger partial charge in [0.2, 0.25) is 0 Å². The van der Waals surface area contributed by atoms with Gasteiger partial charge in [-0.15, -0.1) is 0 Å². The van der Waals surface area contributed by atoms with Gasteiger partial charge < -0.3 is 5.73 Å². The first kappa shape index (κ1) is 14.4. The van der Waals surface area contributed by atoms with Crippen molar-refractivity contribution < 1.29 is 0 Å². The fraction of sp³-hybridized carbons (Fsp3) is 1.00. The molecule has 0 aromatic heterocycles. The van der Waals surface area contributed by atoms with Crippen LogP contribution in [-0.2, 0) is 0 Å². The normalized spacial score (nSPS) is 46.0. The van der Waals surface area contributed by atoms with Crippen LogP contribution in [-0.4, -0.2) is 6.04 Å². The van der Waals surface area contributed by atoms with Crippen LogP contribution in [0.25, 0.3) is 0 Å². The molecule has 1 heteroatoms. The summed E-state index contributed by atoms with van der Waals surface area (Å²) in [4.78, 5) is 0. The third-order valence-corrected chi connectivity index (χ3v) is 5.58. The molecule has 106 valence electrons. The Labute approximate surface area is 114 Å². The Hall–Kier alpha value is -0.0400. The summed E-state index contributed by atoms with van der Waals surface area (Å²) in [6, 6.07) is 0.501. The van der Waals surface area contributed by atoms with Gasteiger partial charge in [0.05, 0.1) is 0 Å². The maximum Gasteiger partial charge on any atom is 0.00700 e. The quantitative estimate of drug-likeness (QED) is 0.779. The van der Waals surface area contributed by atoms with Gasteiger partial charge >= 0.3 is 0 Å². The van der Waals surface area contributed by atoms with Gasteiger partial charge in [0.1, 0.15) is 0 Å². The van der Waals surface area contributed by atoms with Gasteiger partial charge in [0.25, 0.3) is 0 Å². The van der Waals surface area contributed by atoms with Crippen LogP contribution < -0.4 is 5.73 Å². The van der Waals surface area contributed by atoms with Crippen LogP contribution in [0, 0.1) is 29.6 Å². The molecule has 0 aromatic rings. The number of nitrogens with two attached hydrogens (primary N) is 1. The van der Waals surface area contributed by atoms with Crippen molar-refractivity contribution in [1.29, 1.82) is 0 Å². The Balaban J connectivity index is 1.96. The zero-order chi connectivity index (χ0) is 13.1. The van der Waals surface area contributed by atoms with E-state index < -0.39 is 0 Å². The van der Waals surface area contributed by atoms with Crippen molar-refractivity contribution in [1.82, 2.24) is 0 Å². The Kier molecular flexibility index (Phi) is 5.12. The van der Waals surface area contributed by atoms with Gasteiger partial charge in [-0.3, -0.25) is 0 Å². The van der Waals surface area contributed by atoms with E-state index in [4.69, 9.17) is 5.73 Å². The van der Waals surface area contributed by atoms with Crippen molar-refractivity contribution in [3.8, 4) is 0 Å². The zero-order valence-corrected chi connectivity index (χ0v) is 12.7. The zero-order valence-electron chi connectivity index (χ0n) is 12.7. The lowest BCUT2D eigenvalue weighted by Crippen LogP contribution is -2.42. The molecule has 2 saturated carbocycles. The minimum absolute atomic E-state index is 0.501. The van der Waals surface area contributed by atoms with E-state index in [9.17, 15) is 0 Å². The molecule has 5 unspecified atom stereocenters. The molecule has 0 radical (unpaired) electrons. The Morgan fingerprint density at radius 2 is 1.61 bits per heavy atom. The van der Waals surface area contributed by atoms with E-state index in [2.05, 4.69) is 20.8 Å². The third-order valence-electron chi connectivity index (χ3n) is 5.58. The highest BCUT2D eigenvalue weighted by atomic mass is 14.7. The average Bonchev–Trinajstić information content (AvgIpc) is 2.30. The summed E-state index contributed by atoms with van der Waals surface area (Å²) < 4.78 is 0. The molecule has 0 amide bonds. The van der Waals surface area contributed by atoms with Crippen LogP contribution in [0.4, 0.5) is 0 Å². The maximum atomic E-state index is 6.46. The highest BCUT2D eigenvalue weighted by molar-refractivity contribution is 4.89. The summed E-state index contributed by atoms with van der Waals surface area (Å²) in [5, 5.41) is 0. The van der Waals surface area contributed by atoms with Crippen molar-refractivity contribution in [3.63, 3.8) is 0 Å². The fourth-order valence-electron chi connectivity index (χ4n) is 4.89. The first-order chi connectivity index (χ1) is 8.60. The molecular formula is C17H33N. The first-order valence-electron chi connectivity index (χ1n) is 8.35. The van der Waals surface area contributed by atoms with E-state index in [0.29, 0.717) is 6.04 Å². The van der Waals surface area contributed by atoms with E-state index in [1.54, 1.807) is 0 Å². The van der Waals surface area contributed by atoms with E-state index in [-0.39, 0.29) is 0 Å². The van der Waals surface area contributed by atoms with Gasteiger partial charge in [-0.05, 0) is 68.1 Å². The first-order valence-corrected chi connectivity index (χ1v) is 8.35. The molecule has 18 heavy (non-hydrogen) atoms. The van der Waals surface area contributed by atoms with E-state index in [0.717, 1.165) is 29.6 Å². The number of hydrogen-bond acceptors (Lipinski definition) is 1. The van der Waals surface area contributed by atoms with Crippen molar-refractivity contribution in [2.45, 2.75) is 78.2 Å². The molecule has 2 fully saturated rings. The second-order valence-electron chi connectivity index (χ2n) is 7.47. The summed E-state index contributed by atoms with van der Waals surface area (Å²) in [5.74, 6) is 4.60. The summed E-state index contributed by atoms with van der Waals surface area (Å²) >= 11 is 0. The standard InChI is InChI=1S/C17H33N/c1-4-5-14-6-7-17(18)16(11-14)15-9-12(2)8-13(3)10-15/h12-17H,4-11,18H2,1-3H3. The molecule has 2 aliphatic carbocycles. The van der Waals surface area contributed by atoms with E-state index in [1.807, 2.05) is 0 Å². The molecule has 2 aliphatic rings. The topological polar surface area (TPSA) is 26.0 Å². The number of hydrogen-bond donors (Lipinski definition) is 1. The molecule has 5 atom stereocenters. The third kappa shape index (κ3) is 3.50. The summed E-state index contributed by atoms with van der Waals surface area (Å²) in [7, 11) is 0. The molecule has 2 N–H and O–H groups in total. The molecule has 0 aromatic carbocycles. The van der Waals surface area contributed by atoms with Crippen LogP contribution in [0.2, 0.25) is 0 Å². The lowest BCUT2D eigenvalue weighted by Gasteiger charge is -2.43. The SMILES string of the molecule is CCCC1CCC(N)C(C2CC(C)CC(C)C2)C1. The van der Waals surface area contributed by atoms with Crippen LogP contribution in [0.3, 0.4) is 0 Å². The van der Waals surface area contributed by atoms with Crippen molar-refractivity contribution in [3.05, 3.63) is 0 Å². The summed E-state index contributed by atoms with van der Waals surface area (Å²) in [6.07, 6.45) is 11.2. The van der Waals surface area contributed by atoms with Crippen LogP contribution in [0.5, 0.6) is 0 Å². The minimum Gasteiger partial charge on any atom is -0.327 e. The van der Waals surface area contributed by atoms with Crippen LogP contribution in [0.1, 0.15) is 72.1 Å². The van der Waals surface area contributed by atoms with Crippen molar-refractivity contribution in [2.24, 2.45) is 35.3 Å². The van der Waals surface area contributed by atoms with Gasteiger partial charge in [-0.2, -0.15) is 0 Å². The molecule has 0 bridgehead atoms. The molecule has 0 heterocycles. The molecule has 2 rings (SSSR count). The monoisotopic (exact) mass is 251 g/mol. The van der Waals surface area contributed by atoms with E-state index >= 15 is 0 Å². The Bertz CT molecular complexity index is 240. The van der Waals surface area contributed by atoms with Crippen molar-refractivity contribution in [2.75, 3.05) is 0 Å². The molecule has 0 spiro atoms. The van der Waals surface area contributed by atoms with Crippen molar-refractivity contribution >= 4 is 0 Å². The van der Waals surface area contributed by atoms with Crippen LogP contribution >= 0.6 is 0 Å². The minimum atomic E-state index is 0.501. The Morgan fingerprint density at radius 1 is 0.944 bits per heavy atom. The molecule has 0 aliphatic heterocycles. The lowest BCUT2D eigenvalue weighted by atomic mass is 9.64. The van der Waals surface area contributed by atoms with E-state index in [1.165, 1.54) is 51.4 Å². The largest absolute Gasteiger partial charge is 0.327 e. The highest BCUT2D eigenvalue weighted by Crippen LogP contribution is 2.43. The maximum absolute atomic E-state index is 6.46. The lowest BCUT2D eigenvalue weighted by molar-refractivity contribution is 0.0944. The highest BCUT2D eigenvalue weighted by Gasteiger charge is 2.36. The smallest absolute Gasteiger partial charge is 0.00700 e. The fourth-order valence-corrected chi connectivity index (χ4v) is 4.89. The van der Waals surface area contributed by atoms with Gasteiger partial charge in [-0.1, -0.05) is 33.6 Å². The predicted octanol–water partition coefficient (Wildman–Crippen LogP) is 4.60. The van der Waals surface area contributed by atoms with Gasteiger partial charge in [0.15, 0.2) is 0 Å². The average molecular weight is 251 g/mol.